The number of carbonyl (C=O) groups excluding carboxylic acids is 1. The molecule has 0 fully saturated rings. The number of hydrogen-bond acceptors (Lipinski definition) is 7. The summed E-state index contributed by atoms with van der Waals surface area (Å²) < 4.78 is 15.0. The average Bonchev–Trinajstić information content (AvgIpc) is 2.50. The van der Waals surface area contributed by atoms with Crippen LogP contribution in [0.3, 0.4) is 0 Å². The van der Waals surface area contributed by atoms with Gasteiger partial charge in [0.1, 0.15) is 0 Å². The summed E-state index contributed by atoms with van der Waals surface area (Å²) in [5.41, 5.74) is -0.111. The van der Waals surface area contributed by atoms with Gasteiger partial charge in [-0.25, -0.2) is 0 Å². The van der Waals surface area contributed by atoms with Crippen molar-refractivity contribution in [3.05, 3.63) is 27.8 Å². The quantitative estimate of drug-likeness (QED) is 0.335. The number of rotatable bonds is 8. The lowest BCUT2D eigenvalue weighted by atomic mass is 10.1. The first-order chi connectivity index (χ1) is 10.0. The van der Waals surface area contributed by atoms with E-state index in [0.717, 1.165) is 0 Å². The molecule has 0 radical (unpaired) electrons. The van der Waals surface area contributed by atoms with Crippen LogP contribution in [0, 0.1) is 10.1 Å². The maximum Gasteiger partial charge on any atom is 0.305 e. The molecule has 1 N–H and O–H groups in total. The van der Waals surface area contributed by atoms with Crippen LogP contribution < -0.4 is 9.47 Å². The minimum atomic E-state index is -0.605. The van der Waals surface area contributed by atoms with Crippen LogP contribution in [0.1, 0.15) is 18.4 Å². The summed E-state index contributed by atoms with van der Waals surface area (Å²) in [6.45, 7) is -0.295. The molecule has 0 saturated heterocycles. The van der Waals surface area contributed by atoms with Crippen molar-refractivity contribution in [2.75, 3.05) is 20.8 Å². The van der Waals surface area contributed by atoms with Crippen molar-refractivity contribution in [1.29, 1.82) is 0 Å². The van der Waals surface area contributed by atoms with Gasteiger partial charge in [-0.1, -0.05) is 0 Å². The fraction of sp³-hybridized carbons (Fsp3) is 0.462. The van der Waals surface area contributed by atoms with Gasteiger partial charge < -0.3 is 19.3 Å². The van der Waals surface area contributed by atoms with E-state index in [-0.39, 0.29) is 41.7 Å². The Bertz CT molecular complexity index is 515. The van der Waals surface area contributed by atoms with Crippen LogP contribution in [0.15, 0.2) is 12.1 Å². The van der Waals surface area contributed by atoms with Gasteiger partial charge in [0.15, 0.2) is 11.5 Å². The molecular formula is C13H17NO7. The highest BCUT2D eigenvalue weighted by molar-refractivity contribution is 5.69. The van der Waals surface area contributed by atoms with E-state index in [1.54, 1.807) is 0 Å². The molecule has 0 unspecified atom stereocenters. The van der Waals surface area contributed by atoms with Crippen LogP contribution in [0.4, 0.5) is 5.69 Å². The zero-order valence-electron chi connectivity index (χ0n) is 11.8. The highest BCUT2D eigenvalue weighted by Gasteiger charge is 2.19. The van der Waals surface area contributed by atoms with Crippen LogP contribution >= 0.6 is 0 Å². The molecule has 21 heavy (non-hydrogen) atoms. The maximum absolute atomic E-state index is 11.0. The first-order valence-electron chi connectivity index (χ1n) is 6.19. The summed E-state index contributed by atoms with van der Waals surface area (Å²) in [5, 5.41) is 20.1. The van der Waals surface area contributed by atoms with E-state index in [2.05, 4.69) is 4.74 Å². The van der Waals surface area contributed by atoms with Gasteiger partial charge in [-0.05, 0) is 12.5 Å². The van der Waals surface area contributed by atoms with Crippen LogP contribution in [-0.4, -0.2) is 36.8 Å². The number of esters is 1. The molecule has 1 rings (SSSR count). The number of nitro groups is 1. The molecule has 1 aromatic carbocycles. The topological polar surface area (TPSA) is 108 Å². The third-order valence-corrected chi connectivity index (χ3v) is 2.74. The highest BCUT2D eigenvalue weighted by Crippen LogP contribution is 2.34. The second-order valence-electron chi connectivity index (χ2n) is 4.08. The predicted octanol–water partition coefficient (Wildman–Crippen LogP) is 1.43. The fourth-order valence-electron chi connectivity index (χ4n) is 1.66. The van der Waals surface area contributed by atoms with E-state index >= 15 is 0 Å². The Balaban J connectivity index is 2.82. The fourth-order valence-corrected chi connectivity index (χ4v) is 1.66. The van der Waals surface area contributed by atoms with E-state index in [9.17, 15) is 14.9 Å². The molecule has 0 amide bonds. The second kappa shape index (κ2) is 8.05. The lowest BCUT2D eigenvalue weighted by Crippen LogP contribution is -2.06. The largest absolute Gasteiger partial charge is 0.493 e. The Morgan fingerprint density at radius 2 is 2.05 bits per heavy atom. The first kappa shape index (κ1) is 16.7. The van der Waals surface area contributed by atoms with Gasteiger partial charge in [0.05, 0.1) is 44.0 Å². The third kappa shape index (κ3) is 4.60. The van der Waals surface area contributed by atoms with Gasteiger partial charge in [0, 0.05) is 6.42 Å². The molecule has 116 valence electrons. The lowest BCUT2D eigenvalue weighted by molar-refractivity contribution is -0.385. The summed E-state index contributed by atoms with van der Waals surface area (Å²) in [4.78, 5) is 21.3. The molecule has 0 aliphatic heterocycles. The smallest absolute Gasteiger partial charge is 0.305 e. The average molecular weight is 299 g/mol. The molecule has 8 nitrogen and oxygen atoms in total. The second-order valence-corrected chi connectivity index (χ2v) is 4.08. The number of ether oxygens (including phenoxy) is 3. The van der Waals surface area contributed by atoms with Crippen molar-refractivity contribution < 1.29 is 29.0 Å². The minimum absolute atomic E-state index is 0.138. The number of benzene rings is 1. The van der Waals surface area contributed by atoms with E-state index < -0.39 is 11.5 Å². The standard InChI is InChI=1S/C13H17NO7/c1-19-11-6-9(8-15)10(14(17)18)7-12(11)21-5-3-4-13(16)20-2/h6-7,15H,3-5,8H2,1-2H3. The highest BCUT2D eigenvalue weighted by atomic mass is 16.6. The zero-order valence-corrected chi connectivity index (χ0v) is 11.8. The van der Waals surface area contributed by atoms with Crippen molar-refractivity contribution in [2.45, 2.75) is 19.4 Å². The maximum atomic E-state index is 11.0. The number of nitro benzene ring substituents is 1. The molecule has 8 heteroatoms. The normalized spacial score (nSPS) is 10.0. The summed E-state index contributed by atoms with van der Waals surface area (Å²) >= 11 is 0. The van der Waals surface area contributed by atoms with Crippen LogP contribution in [-0.2, 0) is 16.1 Å². The molecule has 0 atom stereocenters. The van der Waals surface area contributed by atoms with Crippen molar-refractivity contribution >= 4 is 11.7 Å². The Hall–Kier alpha value is -2.35. The molecule has 0 aromatic heterocycles. The summed E-state index contributed by atoms with van der Waals surface area (Å²) in [6, 6.07) is 2.55. The number of aliphatic hydroxyl groups excluding tert-OH is 1. The molecule has 0 saturated carbocycles. The molecule has 0 spiro atoms. The van der Waals surface area contributed by atoms with E-state index in [1.165, 1.54) is 26.4 Å². The van der Waals surface area contributed by atoms with Crippen molar-refractivity contribution in [3.63, 3.8) is 0 Å². The van der Waals surface area contributed by atoms with Crippen molar-refractivity contribution in [1.82, 2.24) is 0 Å². The third-order valence-electron chi connectivity index (χ3n) is 2.74. The van der Waals surface area contributed by atoms with Crippen LogP contribution in [0.25, 0.3) is 0 Å². The minimum Gasteiger partial charge on any atom is -0.493 e. The summed E-state index contributed by atoms with van der Waals surface area (Å²) in [7, 11) is 2.69. The molecule has 1 aromatic rings. The van der Waals surface area contributed by atoms with E-state index in [1.807, 2.05) is 0 Å². The number of hydrogen-bond donors (Lipinski definition) is 1. The summed E-state index contributed by atoms with van der Waals surface area (Å²) in [6.07, 6.45) is 0.598. The molecule has 0 bridgehead atoms. The van der Waals surface area contributed by atoms with Crippen molar-refractivity contribution in [2.24, 2.45) is 0 Å². The Labute approximate surface area is 121 Å². The number of nitrogens with zero attached hydrogens (tertiary/aromatic N) is 1. The van der Waals surface area contributed by atoms with E-state index in [4.69, 9.17) is 14.6 Å². The van der Waals surface area contributed by atoms with Gasteiger partial charge in [-0.15, -0.1) is 0 Å². The molecule has 0 heterocycles. The van der Waals surface area contributed by atoms with Gasteiger partial charge in [-0.2, -0.15) is 0 Å². The van der Waals surface area contributed by atoms with E-state index in [0.29, 0.717) is 6.42 Å². The Morgan fingerprint density at radius 1 is 1.33 bits per heavy atom. The predicted molar refractivity (Wildman–Crippen MR) is 72.3 cm³/mol. The van der Waals surface area contributed by atoms with Gasteiger partial charge >= 0.3 is 5.97 Å². The molecular weight excluding hydrogens is 282 g/mol. The van der Waals surface area contributed by atoms with Gasteiger partial charge in [-0.3, -0.25) is 14.9 Å². The molecule has 0 aliphatic rings. The van der Waals surface area contributed by atoms with Gasteiger partial charge in [0.2, 0.25) is 0 Å². The Morgan fingerprint density at radius 3 is 2.57 bits per heavy atom. The Kier molecular flexibility index (Phi) is 6.41. The number of methoxy groups -OCH3 is 2. The molecule has 0 aliphatic carbocycles. The number of aliphatic hydroxyl groups is 1. The summed E-state index contributed by atoms with van der Waals surface area (Å²) in [5.74, 6) is 0.112. The van der Waals surface area contributed by atoms with Crippen molar-refractivity contribution in [3.8, 4) is 11.5 Å². The van der Waals surface area contributed by atoms with Crippen LogP contribution in [0.5, 0.6) is 11.5 Å². The SMILES string of the molecule is COC(=O)CCCOc1cc([N+](=O)[O-])c(CO)cc1OC. The van der Waals surface area contributed by atoms with Gasteiger partial charge in [0.25, 0.3) is 5.69 Å². The van der Waals surface area contributed by atoms with Crippen LogP contribution in [0.2, 0.25) is 0 Å². The monoisotopic (exact) mass is 299 g/mol. The number of carbonyl (C=O) groups is 1. The lowest BCUT2D eigenvalue weighted by Gasteiger charge is -2.12. The first-order valence-corrected chi connectivity index (χ1v) is 6.19. The zero-order chi connectivity index (χ0) is 15.8.